The molecule has 0 aliphatic heterocycles. The van der Waals surface area contributed by atoms with Crippen LogP contribution in [0.5, 0.6) is 0 Å². The van der Waals surface area contributed by atoms with Gasteiger partial charge in [0.2, 0.25) is 0 Å². The van der Waals surface area contributed by atoms with Gasteiger partial charge in [0.1, 0.15) is 0 Å². The van der Waals surface area contributed by atoms with E-state index in [9.17, 15) is 0 Å². The van der Waals surface area contributed by atoms with E-state index in [0.29, 0.717) is 0 Å². The van der Waals surface area contributed by atoms with E-state index < -0.39 is 8.07 Å². The number of rotatable bonds is 11. The lowest BCUT2D eigenvalue weighted by Crippen LogP contribution is -2.74. The first-order chi connectivity index (χ1) is 36.2. The van der Waals surface area contributed by atoms with E-state index in [2.05, 4.69) is 313 Å². The predicted molar refractivity (Wildman–Crippen MR) is 313 cm³/mol. The number of anilines is 3. The minimum atomic E-state index is -2.73. The molecule has 2 nitrogen and oxygen atoms in total. The molecular weight excluding hydrogens is 897 g/mol. The molecule has 0 N–H and O–H groups in total. The van der Waals surface area contributed by atoms with Gasteiger partial charge < -0.3 is 9.47 Å². The lowest BCUT2D eigenvalue weighted by Gasteiger charge is -2.34. The average molecular weight is 947 g/mol. The van der Waals surface area contributed by atoms with Crippen molar-refractivity contribution in [1.82, 2.24) is 4.57 Å². The first kappa shape index (κ1) is 43.7. The number of para-hydroxylation sites is 1. The maximum atomic E-state index is 2.46. The molecule has 12 aromatic carbocycles. The van der Waals surface area contributed by atoms with Gasteiger partial charge in [-0.05, 0) is 119 Å². The maximum Gasteiger partial charge on any atom is 0.179 e. The fourth-order valence-electron chi connectivity index (χ4n) is 11.4. The number of hydrogen-bond donors (Lipinski definition) is 0. The Morgan fingerprint density at radius 1 is 0.288 bits per heavy atom. The zero-order valence-corrected chi connectivity index (χ0v) is 41.3. The third-order valence-electron chi connectivity index (χ3n) is 14.8. The van der Waals surface area contributed by atoms with E-state index in [0.717, 1.165) is 28.3 Å². The fraction of sp³-hybridized carbons (Fsp3) is 0. The van der Waals surface area contributed by atoms with Crippen molar-refractivity contribution in [1.29, 1.82) is 0 Å². The molecule has 0 unspecified atom stereocenters. The van der Waals surface area contributed by atoms with Gasteiger partial charge >= 0.3 is 0 Å². The molecule has 0 amide bonds. The SMILES string of the molecule is c1ccc(-c2ccc(-n3c4ccccc4c4c(N(c5ccc(-c6cccc([Si](c7ccccc7)(c7ccccc7)c7ccccc7)c6)cc5)c5ccc(-c6cccc7ccccc67)cc5)cccc43)cc2)cc1. The molecule has 0 saturated heterocycles. The summed E-state index contributed by atoms with van der Waals surface area (Å²) in [5.74, 6) is 0. The Bertz CT molecular complexity index is 3940. The number of aromatic nitrogens is 1. The van der Waals surface area contributed by atoms with Crippen molar-refractivity contribution >= 4 is 78.5 Å². The molecule has 0 atom stereocenters. The van der Waals surface area contributed by atoms with Crippen molar-refractivity contribution in [3.05, 3.63) is 303 Å². The summed E-state index contributed by atoms with van der Waals surface area (Å²) in [6.45, 7) is 0. The van der Waals surface area contributed by atoms with Gasteiger partial charge in [-0.2, -0.15) is 0 Å². The largest absolute Gasteiger partial charge is 0.310 e. The summed E-state index contributed by atoms with van der Waals surface area (Å²) in [4.78, 5) is 2.45. The van der Waals surface area contributed by atoms with E-state index in [-0.39, 0.29) is 0 Å². The zero-order valence-electron chi connectivity index (χ0n) is 40.3. The second kappa shape index (κ2) is 18.8. The molecule has 3 heteroatoms. The second-order valence-electron chi connectivity index (χ2n) is 18.8. The van der Waals surface area contributed by atoms with Crippen LogP contribution < -0.4 is 25.6 Å². The second-order valence-corrected chi connectivity index (χ2v) is 22.6. The number of fused-ring (bicyclic) bond motifs is 4. The van der Waals surface area contributed by atoms with Crippen LogP contribution in [0.4, 0.5) is 17.1 Å². The van der Waals surface area contributed by atoms with Crippen LogP contribution in [0.1, 0.15) is 0 Å². The van der Waals surface area contributed by atoms with E-state index in [1.54, 1.807) is 0 Å². The van der Waals surface area contributed by atoms with Crippen molar-refractivity contribution in [2.24, 2.45) is 0 Å². The minimum Gasteiger partial charge on any atom is -0.310 e. The van der Waals surface area contributed by atoms with Crippen molar-refractivity contribution in [3.63, 3.8) is 0 Å². The average Bonchev–Trinajstić information content (AvgIpc) is 3.82. The summed E-state index contributed by atoms with van der Waals surface area (Å²) in [5.41, 5.74) is 13.9. The van der Waals surface area contributed by atoms with Gasteiger partial charge in [-0.3, -0.25) is 0 Å². The molecule has 13 rings (SSSR count). The first-order valence-electron chi connectivity index (χ1n) is 25.2. The van der Waals surface area contributed by atoms with E-state index in [4.69, 9.17) is 0 Å². The Labute approximate surface area is 428 Å². The molecule has 344 valence electrons. The topological polar surface area (TPSA) is 8.17 Å². The van der Waals surface area contributed by atoms with Crippen LogP contribution >= 0.6 is 0 Å². The highest BCUT2D eigenvalue weighted by Gasteiger charge is 2.41. The van der Waals surface area contributed by atoms with E-state index >= 15 is 0 Å². The molecule has 0 aliphatic rings. The summed E-state index contributed by atoms with van der Waals surface area (Å²) < 4.78 is 2.42. The van der Waals surface area contributed by atoms with Crippen molar-refractivity contribution in [2.75, 3.05) is 4.90 Å². The Morgan fingerprint density at radius 3 is 1.37 bits per heavy atom. The Balaban J connectivity index is 0.961. The molecular formula is C70H50N2Si. The van der Waals surface area contributed by atoms with E-state index in [1.165, 1.54) is 81.2 Å². The summed E-state index contributed by atoms with van der Waals surface area (Å²) in [5, 5.41) is 10.3. The van der Waals surface area contributed by atoms with Gasteiger partial charge in [0.05, 0.1) is 16.7 Å². The van der Waals surface area contributed by atoms with Gasteiger partial charge in [-0.1, -0.05) is 249 Å². The molecule has 1 aromatic heterocycles. The van der Waals surface area contributed by atoms with Crippen LogP contribution in [0, 0.1) is 0 Å². The lowest BCUT2D eigenvalue weighted by atomic mass is 9.98. The highest BCUT2D eigenvalue weighted by atomic mass is 28.3. The van der Waals surface area contributed by atoms with Crippen LogP contribution in [0.2, 0.25) is 0 Å². The molecule has 0 aliphatic carbocycles. The fourth-order valence-corrected chi connectivity index (χ4v) is 16.2. The van der Waals surface area contributed by atoms with E-state index in [1.807, 2.05) is 0 Å². The van der Waals surface area contributed by atoms with Gasteiger partial charge in [-0.25, -0.2) is 0 Å². The normalized spacial score (nSPS) is 11.6. The maximum absolute atomic E-state index is 2.73. The Morgan fingerprint density at radius 2 is 0.726 bits per heavy atom. The summed E-state index contributed by atoms with van der Waals surface area (Å²) in [6.07, 6.45) is 0. The highest BCUT2D eigenvalue weighted by molar-refractivity contribution is 7.19. The summed E-state index contributed by atoms with van der Waals surface area (Å²) in [7, 11) is -2.73. The molecule has 0 saturated carbocycles. The summed E-state index contributed by atoms with van der Waals surface area (Å²) >= 11 is 0. The standard InChI is InChI=1S/C70H50N2Si/c1-5-20-51(21-6-1)52-38-46-59(47-39-52)72-67-35-16-15-33-66(67)70-68(36-19-37-69(70)72)71(58-48-42-55(43-49-58)65-34-18-23-54-22-13-14-32-64(54)65)57-44-40-53(41-45-57)56-24-17-31-63(50-56)73(60-25-7-2-8-26-60,61-27-9-3-10-28-61)62-29-11-4-12-30-62/h1-50H. The predicted octanol–water partition coefficient (Wildman–Crippen LogP) is 15.8. The number of benzene rings is 12. The third-order valence-corrected chi connectivity index (χ3v) is 19.5. The van der Waals surface area contributed by atoms with Gasteiger partial charge in [0, 0.05) is 27.8 Å². The first-order valence-corrected chi connectivity index (χ1v) is 27.2. The quantitative estimate of drug-likeness (QED) is 0.0926. The summed E-state index contributed by atoms with van der Waals surface area (Å²) in [6, 6.07) is 112. The van der Waals surface area contributed by atoms with Gasteiger partial charge in [0.25, 0.3) is 0 Å². The molecule has 0 bridgehead atoms. The minimum absolute atomic E-state index is 1.08. The van der Waals surface area contributed by atoms with Crippen LogP contribution in [0.3, 0.4) is 0 Å². The highest BCUT2D eigenvalue weighted by Crippen LogP contribution is 2.45. The van der Waals surface area contributed by atoms with Crippen LogP contribution in [0.15, 0.2) is 303 Å². The van der Waals surface area contributed by atoms with Crippen LogP contribution in [0.25, 0.3) is 71.6 Å². The molecule has 0 fully saturated rings. The van der Waals surface area contributed by atoms with Crippen LogP contribution in [-0.2, 0) is 0 Å². The van der Waals surface area contributed by atoms with Gasteiger partial charge in [-0.15, -0.1) is 0 Å². The van der Waals surface area contributed by atoms with Gasteiger partial charge in [0.15, 0.2) is 8.07 Å². The van der Waals surface area contributed by atoms with Crippen molar-refractivity contribution in [2.45, 2.75) is 0 Å². The van der Waals surface area contributed by atoms with Crippen molar-refractivity contribution in [3.8, 4) is 39.1 Å². The smallest absolute Gasteiger partial charge is 0.179 e. The molecule has 0 radical (unpaired) electrons. The molecule has 0 spiro atoms. The third kappa shape index (κ3) is 7.75. The molecule has 13 aromatic rings. The van der Waals surface area contributed by atoms with Crippen molar-refractivity contribution < 1.29 is 0 Å². The zero-order chi connectivity index (χ0) is 48.6. The Kier molecular flexibility index (Phi) is 11.3. The Hall–Kier alpha value is -9.28. The molecule has 1 heterocycles. The van der Waals surface area contributed by atoms with Crippen LogP contribution in [-0.4, -0.2) is 12.6 Å². The molecule has 73 heavy (non-hydrogen) atoms. The number of nitrogens with zero attached hydrogens (tertiary/aromatic N) is 2. The number of hydrogen-bond acceptors (Lipinski definition) is 1. The monoisotopic (exact) mass is 946 g/mol. The lowest BCUT2D eigenvalue weighted by molar-refractivity contribution is 1.18.